The van der Waals surface area contributed by atoms with Crippen LogP contribution < -0.4 is 19.5 Å². The van der Waals surface area contributed by atoms with Gasteiger partial charge in [0.2, 0.25) is 5.91 Å². The molecule has 0 aliphatic rings. The molecule has 138 valence electrons. The highest BCUT2D eigenvalue weighted by Crippen LogP contribution is 2.29. The van der Waals surface area contributed by atoms with Crippen LogP contribution in [-0.4, -0.2) is 26.7 Å². The topological polar surface area (TPSA) is 56.8 Å². The van der Waals surface area contributed by atoms with E-state index in [9.17, 15) is 13.6 Å². The molecule has 0 aliphatic heterocycles. The normalized spacial score (nSPS) is 10.8. The Kier molecular flexibility index (Phi) is 6.80. The highest BCUT2D eigenvalue weighted by molar-refractivity contribution is 6.32. The quantitative estimate of drug-likeness (QED) is 0.709. The molecule has 8 heteroatoms. The summed E-state index contributed by atoms with van der Waals surface area (Å²) < 4.78 is 39.0. The number of amides is 1. The summed E-state index contributed by atoms with van der Waals surface area (Å²) in [6.45, 7) is -2.97. The van der Waals surface area contributed by atoms with E-state index in [-0.39, 0.29) is 10.8 Å². The van der Waals surface area contributed by atoms with E-state index in [1.54, 1.807) is 24.3 Å². The second-order valence-electron chi connectivity index (χ2n) is 4.96. The Hall–Kier alpha value is -2.80. The van der Waals surface area contributed by atoms with Gasteiger partial charge in [0.25, 0.3) is 0 Å². The number of benzene rings is 2. The summed E-state index contributed by atoms with van der Waals surface area (Å²) in [6.07, 6.45) is 2.91. The summed E-state index contributed by atoms with van der Waals surface area (Å²) in [5, 5.41) is 2.54. The molecule has 0 saturated heterocycles. The van der Waals surface area contributed by atoms with Gasteiger partial charge in [0.05, 0.1) is 19.2 Å². The second kappa shape index (κ2) is 9.05. The third kappa shape index (κ3) is 5.35. The van der Waals surface area contributed by atoms with Crippen LogP contribution in [-0.2, 0) is 4.79 Å². The van der Waals surface area contributed by atoms with Crippen molar-refractivity contribution in [1.29, 1.82) is 0 Å². The lowest BCUT2D eigenvalue weighted by molar-refractivity contribution is -0.111. The standard InChI is InChI=1S/C18H16ClF2NO4/c1-24-15-6-3-11(9-16(15)25-2)4-8-17(23)22-12-5-7-14(13(19)10-12)26-18(20)21/h3-10,18H,1-2H3,(H,22,23)/b8-4+. The molecule has 5 nitrogen and oxygen atoms in total. The Morgan fingerprint density at radius 3 is 2.38 bits per heavy atom. The zero-order valence-corrected chi connectivity index (χ0v) is 14.7. The van der Waals surface area contributed by atoms with E-state index >= 15 is 0 Å². The van der Waals surface area contributed by atoms with Gasteiger partial charge in [0.15, 0.2) is 11.5 Å². The molecule has 2 rings (SSSR count). The zero-order valence-electron chi connectivity index (χ0n) is 14.0. The minimum absolute atomic E-state index is 0.0352. The number of halogens is 3. The maximum atomic E-state index is 12.2. The zero-order chi connectivity index (χ0) is 19.1. The molecule has 2 aromatic rings. The first kappa shape index (κ1) is 19.5. The second-order valence-corrected chi connectivity index (χ2v) is 5.37. The smallest absolute Gasteiger partial charge is 0.387 e. The number of hydrogen-bond donors (Lipinski definition) is 1. The summed E-state index contributed by atoms with van der Waals surface area (Å²) >= 11 is 5.84. The lowest BCUT2D eigenvalue weighted by Gasteiger charge is -2.09. The molecule has 0 spiro atoms. The van der Waals surface area contributed by atoms with Crippen molar-refractivity contribution in [1.82, 2.24) is 0 Å². The summed E-state index contributed by atoms with van der Waals surface area (Å²) in [6, 6.07) is 9.18. The third-order valence-corrected chi connectivity index (χ3v) is 3.55. The third-order valence-electron chi connectivity index (χ3n) is 3.25. The average molecular weight is 384 g/mol. The van der Waals surface area contributed by atoms with Gasteiger partial charge in [0.1, 0.15) is 5.75 Å². The van der Waals surface area contributed by atoms with Gasteiger partial charge in [-0.15, -0.1) is 0 Å². The molecule has 26 heavy (non-hydrogen) atoms. The Labute approximate surface area is 154 Å². The van der Waals surface area contributed by atoms with Crippen LogP contribution in [0.4, 0.5) is 14.5 Å². The Bertz CT molecular complexity index is 812. The Morgan fingerprint density at radius 2 is 1.77 bits per heavy atom. The first-order chi connectivity index (χ1) is 12.4. The molecule has 1 N–H and O–H groups in total. The van der Waals surface area contributed by atoms with E-state index in [0.717, 1.165) is 5.56 Å². The average Bonchev–Trinajstić information content (AvgIpc) is 2.61. The molecule has 1 amide bonds. The number of carbonyl (C=O) groups excluding carboxylic acids is 1. The summed E-state index contributed by atoms with van der Waals surface area (Å²) in [4.78, 5) is 12.0. The number of hydrogen-bond acceptors (Lipinski definition) is 4. The molecule has 0 saturated carbocycles. The molecular formula is C18H16ClF2NO4. The van der Waals surface area contributed by atoms with Crippen molar-refractivity contribution < 1.29 is 27.8 Å². The summed E-state index contributed by atoms with van der Waals surface area (Å²) in [7, 11) is 3.05. The molecule has 0 unspecified atom stereocenters. The highest BCUT2D eigenvalue weighted by atomic mass is 35.5. The largest absolute Gasteiger partial charge is 0.493 e. The number of methoxy groups -OCH3 is 2. The van der Waals surface area contributed by atoms with E-state index in [1.807, 2.05) is 0 Å². The van der Waals surface area contributed by atoms with Crippen molar-refractivity contribution in [2.24, 2.45) is 0 Å². The minimum Gasteiger partial charge on any atom is -0.493 e. The van der Waals surface area contributed by atoms with Crippen LogP contribution >= 0.6 is 11.6 Å². The first-order valence-electron chi connectivity index (χ1n) is 7.38. The lowest BCUT2D eigenvalue weighted by Crippen LogP contribution is -2.08. The monoisotopic (exact) mass is 383 g/mol. The molecule has 0 aromatic heterocycles. The van der Waals surface area contributed by atoms with Crippen molar-refractivity contribution in [3.8, 4) is 17.2 Å². The van der Waals surface area contributed by atoms with Crippen LogP contribution in [0, 0.1) is 0 Å². The highest BCUT2D eigenvalue weighted by Gasteiger charge is 2.10. The molecular weight excluding hydrogens is 368 g/mol. The fourth-order valence-corrected chi connectivity index (χ4v) is 2.31. The minimum atomic E-state index is -2.97. The van der Waals surface area contributed by atoms with E-state index in [1.165, 1.54) is 38.5 Å². The number of rotatable bonds is 7. The lowest BCUT2D eigenvalue weighted by atomic mass is 10.2. The maximum Gasteiger partial charge on any atom is 0.387 e. The number of carbonyl (C=O) groups is 1. The maximum absolute atomic E-state index is 12.2. The Balaban J connectivity index is 2.04. The van der Waals surface area contributed by atoms with Gasteiger partial charge in [-0.2, -0.15) is 8.78 Å². The predicted molar refractivity (Wildman–Crippen MR) is 95.3 cm³/mol. The molecule has 0 atom stereocenters. The molecule has 0 heterocycles. The fourth-order valence-electron chi connectivity index (χ4n) is 2.08. The molecule has 0 aliphatic carbocycles. The van der Waals surface area contributed by atoms with Crippen LogP contribution in [0.3, 0.4) is 0 Å². The van der Waals surface area contributed by atoms with Gasteiger partial charge in [-0.25, -0.2) is 0 Å². The van der Waals surface area contributed by atoms with Gasteiger partial charge in [-0.3, -0.25) is 4.79 Å². The van der Waals surface area contributed by atoms with Crippen molar-refractivity contribution in [2.45, 2.75) is 6.61 Å². The number of ether oxygens (including phenoxy) is 3. The fraction of sp³-hybridized carbons (Fsp3) is 0.167. The van der Waals surface area contributed by atoms with Crippen molar-refractivity contribution in [3.05, 3.63) is 53.1 Å². The van der Waals surface area contributed by atoms with E-state index in [4.69, 9.17) is 21.1 Å². The van der Waals surface area contributed by atoms with Gasteiger partial charge < -0.3 is 19.5 Å². The van der Waals surface area contributed by atoms with E-state index in [2.05, 4.69) is 10.1 Å². The van der Waals surface area contributed by atoms with Gasteiger partial charge in [-0.1, -0.05) is 17.7 Å². The first-order valence-corrected chi connectivity index (χ1v) is 7.76. The molecule has 0 fully saturated rings. The Morgan fingerprint density at radius 1 is 1.08 bits per heavy atom. The van der Waals surface area contributed by atoms with E-state index < -0.39 is 12.5 Å². The van der Waals surface area contributed by atoms with Crippen LogP contribution in [0.1, 0.15) is 5.56 Å². The summed E-state index contributed by atoms with van der Waals surface area (Å²) in [5.74, 6) is 0.533. The van der Waals surface area contributed by atoms with Crippen LogP contribution in [0.15, 0.2) is 42.5 Å². The van der Waals surface area contributed by atoms with Gasteiger partial charge in [0, 0.05) is 11.8 Å². The van der Waals surface area contributed by atoms with Crippen LogP contribution in [0.25, 0.3) is 6.08 Å². The van der Waals surface area contributed by atoms with Crippen LogP contribution in [0.2, 0.25) is 5.02 Å². The van der Waals surface area contributed by atoms with E-state index in [0.29, 0.717) is 17.2 Å². The summed E-state index contributed by atoms with van der Waals surface area (Å²) in [5.41, 5.74) is 1.08. The number of anilines is 1. The van der Waals surface area contributed by atoms with Crippen LogP contribution in [0.5, 0.6) is 17.2 Å². The predicted octanol–water partition coefficient (Wildman–Crippen LogP) is 4.61. The number of alkyl halides is 2. The SMILES string of the molecule is COc1ccc(/C=C/C(=O)Nc2ccc(OC(F)F)c(Cl)c2)cc1OC. The number of nitrogens with one attached hydrogen (secondary N) is 1. The van der Waals surface area contributed by atoms with Gasteiger partial charge in [-0.05, 0) is 42.0 Å². The van der Waals surface area contributed by atoms with Crippen molar-refractivity contribution in [3.63, 3.8) is 0 Å². The van der Waals surface area contributed by atoms with Crippen molar-refractivity contribution >= 4 is 29.3 Å². The molecule has 0 radical (unpaired) electrons. The van der Waals surface area contributed by atoms with Gasteiger partial charge >= 0.3 is 6.61 Å². The molecule has 2 aromatic carbocycles. The van der Waals surface area contributed by atoms with Crippen molar-refractivity contribution in [2.75, 3.05) is 19.5 Å². The molecule has 0 bridgehead atoms.